The monoisotopic (exact) mass is 192 g/mol. The number of amides is 1. The number of nitrogens with two attached hydrogens (primary N) is 1. The van der Waals surface area contributed by atoms with Crippen molar-refractivity contribution in [2.24, 2.45) is 11.7 Å². The summed E-state index contributed by atoms with van der Waals surface area (Å²) in [5.41, 5.74) is 5.61. The van der Waals surface area contributed by atoms with Crippen molar-refractivity contribution in [2.75, 3.05) is 13.1 Å². The van der Waals surface area contributed by atoms with Crippen LogP contribution >= 0.6 is 0 Å². The Hall–Kier alpha value is -0.710. The Morgan fingerprint density at radius 2 is 2.23 bits per heavy atom. The lowest BCUT2D eigenvalue weighted by molar-refractivity contribution is -0.141. The Bertz CT molecular complexity index is 197. The third-order valence-corrected chi connectivity index (χ3v) is 2.47. The van der Waals surface area contributed by atoms with E-state index in [0.29, 0.717) is 13.1 Å². The average molecular weight is 192 g/mol. The van der Waals surface area contributed by atoms with E-state index in [1.54, 1.807) is 0 Å². The summed E-state index contributed by atoms with van der Waals surface area (Å²) in [5.74, 6) is -0.897. The van der Waals surface area contributed by atoms with Gasteiger partial charge in [0.2, 0.25) is 0 Å². The first-order valence-corrected chi connectivity index (χ1v) is 4.35. The standard InChI is InChI=1S/C8H14F2N2O/c1-5(11)6-2-3-12(4-6)8(13)7(9)10/h5-7H,2-4,11H2,1H3. The van der Waals surface area contributed by atoms with Crippen LogP contribution in [0.2, 0.25) is 0 Å². The molecular weight excluding hydrogens is 178 g/mol. The van der Waals surface area contributed by atoms with Crippen molar-refractivity contribution >= 4 is 5.91 Å². The van der Waals surface area contributed by atoms with Crippen molar-refractivity contribution in [2.45, 2.75) is 25.8 Å². The van der Waals surface area contributed by atoms with Gasteiger partial charge in [-0.1, -0.05) is 0 Å². The van der Waals surface area contributed by atoms with Gasteiger partial charge in [-0.05, 0) is 19.3 Å². The fraction of sp³-hybridized carbons (Fsp3) is 0.875. The number of hydrogen-bond donors (Lipinski definition) is 1. The first kappa shape index (κ1) is 10.4. The van der Waals surface area contributed by atoms with Crippen LogP contribution in [0, 0.1) is 5.92 Å². The van der Waals surface area contributed by atoms with E-state index in [1.807, 2.05) is 6.92 Å². The SMILES string of the molecule is CC(N)C1CCN(C(=O)C(F)F)C1. The van der Waals surface area contributed by atoms with Gasteiger partial charge in [0, 0.05) is 19.1 Å². The summed E-state index contributed by atoms with van der Waals surface area (Å²) >= 11 is 0. The molecule has 1 saturated heterocycles. The molecule has 1 rings (SSSR count). The minimum absolute atomic E-state index is 0.0320. The second kappa shape index (κ2) is 4.00. The highest BCUT2D eigenvalue weighted by Crippen LogP contribution is 2.19. The van der Waals surface area contributed by atoms with Gasteiger partial charge in [0.05, 0.1) is 0 Å². The molecule has 0 aliphatic carbocycles. The number of nitrogens with zero attached hydrogens (tertiary/aromatic N) is 1. The third-order valence-electron chi connectivity index (χ3n) is 2.47. The molecule has 1 aliphatic rings. The number of likely N-dealkylation sites (tertiary alicyclic amines) is 1. The van der Waals surface area contributed by atoms with Crippen molar-refractivity contribution in [3.8, 4) is 0 Å². The van der Waals surface area contributed by atoms with Crippen LogP contribution in [0.25, 0.3) is 0 Å². The van der Waals surface area contributed by atoms with Crippen LogP contribution in [-0.2, 0) is 4.79 Å². The Labute approximate surface area is 75.9 Å². The summed E-state index contributed by atoms with van der Waals surface area (Å²) in [6.45, 7) is 2.62. The van der Waals surface area contributed by atoms with Crippen LogP contribution < -0.4 is 5.73 Å². The molecule has 1 fully saturated rings. The number of halogens is 2. The first-order chi connectivity index (χ1) is 6.02. The number of alkyl halides is 2. The van der Waals surface area contributed by atoms with E-state index >= 15 is 0 Å². The highest BCUT2D eigenvalue weighted by atomic mass is 19.3. The number of hydrogen-bond acceptors (Lipinski definition) is 2. The summed E-state index contributed by atoms with van der Waals surface area (Å²) in [6, 6.07) is -0.0320. The van der Waals surface area contributed by atoms with Gasteiger partial charge in [0.25, 0.3) is 5.91 Å². The smallest absolute Gasteiger partial charge is 0.315 e. The van der Waals surface area contributed by atoms with E-state index < -0.39 is 12.3 Å². The van der Waals surface area contributed by atoms with Crippen LogP contribution in [0.1, 0.15) is 13.3 Å². The minimum atomic E-state index is -2.88. The van der Waals surface area contributed by atoms with Crippen molar-refractivity contribution in [1.82, 2.24) is 4.90 Å². The second-order valence-electron chi connectivity index (χ2n) is 3.49. The van der Waals surface area contributed by atoms with E-state index in [9.17, 15) is 13.6 Å². The predicted octanol–water partition coefficient (Wildman–Crippen LogP) is 0.447. The molecule has 0 radical (unpaired) electrons. The molecule has 76 valence electrons. The number of rotatable bonds is 2. The second-order valence-corrected chi connectivity index (χ2v) is 3.49. The van der Waals surface area contributed by atoms with Crippen molar-refractivity contribution < 1.29 is 13.6 Å². The summed E-state index contributed by atoms with van der Waals surface area (Å²) in [7, 11) is 0. The Morgan fingerprint density at radius 3 is 2.62 bits per heavy atom. The normalized spacial score (nSPS) is 25.3. The molecule has 1 amide bonds. The molecule has 0 bridgehead atoms. The first-order valence-electron chi connectivity index (χ1n) is 4.35. The maximum absolute atomic E-state index is 12.0. The summed E-state index contributed by atoms with van der Waals surface area (Å²) < 4.78 is 24.0. The quantitative estimate of drug-likeness (QED) is 0.690. The molecule has 0 aromatic carbocycles. The van der Waals surface area contributed by atoms with Gasteiger partial charge in [0.15, 0.2) is 0 Å². The zero-order valence-corrected chi connectivity index (χ0v) is 7.54. The molecule has 0 saturated carbocycles. The van der Waals surface area contributed by atoms with Crippen LogP contribution in [0.3, 0.4) is 0 Å². The zero-order chi connectivity index (χ0) is 10.0. The third kappa shape index (κ3) is 2.37. The minimum Gasteiger partial charge on any atom is -0.337 e. The van der Waals surface area contributed by atoms with Gasteiger partial charge in [-0.25, -0.2) is 0 Å². The van der Waals surface area contributed by atoms with E-state index in [2.05, 4.69) is 0 Å². The summed E-state index contributed by atoms with van der Waals surface area (Å²) in [5, 5.41) is 0. The summed E-state index contributed by atoms with van der Waals surface area (Å²) in [4.78, 5) is 12.0. The maximum atomic E-state index is 12.0. The molecule has 0 aromatic heterocycles. The lowest BCUT2D eigenvalue weighted by Gasteiger charge is -2.17. The van der Waals surface area contributed by atoms with Crippen LogP contribution in [0.4, 0.5) is 8.78 Å². The average Bonchev–Trinajstić information content (AvgIpc) is 2.50. The lowest BCUT2D eigenvalue weighted by Crippen LogP contribution is -2.36. The molecular formula is C8H14F2N2O. The zero-order valence-electron chi connectivity index (χ0n) is 7.54. The summed E-state index contributed by atoms with van der Waals surface area (Å²) in [6.07, 6.45) is -2.15. The van der Waals surface area contributed by atoms with Gasteiger partial charge in [-0.3, -0.25) is 4.79 Å². The van der Waals surface area contributed by atoms with Crippen molar-refractivity contribution in [3.63, 3.8) is 0 Å². The molecule has 0 spiro atoms. The largest absolute Gasteiger partial charge is 0.337 e. The van der Waals surface area contributed by atoms with E-state index in [-0.39, 0.29) is 12.0 Å². The van der Waals surface area contributed by atoms with Crippen molar-refractivity contribution in [1.29, 1.82) is 0 Å². The number of carbonyl (C=O) groups excluding carboxylic acids is 1. The Balaban J connectivity index is 2.45. The fourth-order valence-corrected chi connectivity index (χ4v) is 1.55. The van der Waals surface area contributed by atoms with Gasteiger partial charge in [0.1, 0.15) is 0 Å². The fourth-order valence-electron chi connectivity index (χ4n) is 1.55. The Kier molecular flexibility index (Phi) is 3.19. The molecule has 2 N–H and O–H groups in total. The van der Waals surface area contributed by atoms with E-state index in [4.69, 9.17) is 5.73 Å². The lowest BCUT2D eigenvalue weighted by atomic mass is 10.0. The van der Waals surface area contributed by atoms with Crippen molar-refractivity contribution in [3.05, 3.63) is 0 Å². The topological polar surface area (TPSA) is 46.3 Å². The van der Waals surface area contributed by atoms with E-state index in [1.165, 1.54) is 4.90 Å². The molecule has 2 atom stereocenters. The van der Waals surface area contributed by atoms with Gasteiger partial charge in [-0.15, -0.1) is 0 Å². The Morgan fingerprint density at radius 1 is 1.62 bits per heavy atom. The maximum Gasteiger partial charge on any atom is 0.315 e. The van der Waals surface area contributed by atoms with Gasteiger partial charge < -0.3 is 10.6 Å². The molecule has 2 unspecified atom stereocenters. The number of carbonyl (C=O) groups is 1. The predicted molar refractivity (Wildman–Crippen MR) is 44.3 cm³/mol. The van der Waals surface area contributed by atoms with Crippen LogP contribution in [-0.4, -0.2) is 36.4 Å². The highest BCUT2D eigenvalue weighted by Gasteiger charge is 2.31. The molecule has 13 heavy (non-hydrogen) atoms. The molecule has 5 heteroatoms. The molecule has 1 heterocycles. The van der Waals surface area contributed by atoms with Gasteiger partial charge >= 0.3 is 6.43 Å². The van der Waals surface area contributed by atoms with Gasteiger partial charge in [-0.2, -0.15) is 8.78 Å². The molecule has 3 nitrogen and oxygen atoms in total. The highest BCUT2D eigenvalue weighted by molar-refractivity contribution is 5.79. The van der Waals surface area contributed by atoms with Crippen LogP contribution in [0.5, 0.6) is 0 Å². The van der Waals surface area contributed by atoms with Crippen LogP contribution in [0.15, 0.2) is 0 Å². The molecule has 1 aliphatic heterocycles. The van der Waals surface area contributed by atoms with E-state index in [0.717, 1.165) is 6.42 Å². The molecule has 0 aromatic rings.